The fourth-order valence-corrected chi connectivity index (χ4v) is 3.85. The number of nitrogens with zero attached hydrogens (tertiary/aromatic N) is 2. The molecule has 0 aromatic heterocycles. The summed E-state index contributed by atoms with van der Waals surface area (Å²) >= 11 is 0. The standard InChI is InChI=1S/C24H29FN4O5/c1-26-22(30)21(23(31)27-33)28(2)24(32)17-6-4-16(5-7-17)18-8-9-19(20(25)14-18)15-29-10-3-12-34-13-11-29/h4-9,14,21,33H,3,10-13,15H2,1-2H3,(H,26,30)(H,27,31). The van der Waals surface area contributed by atoms with Crippen LogP contribution in [-0.4, -0.2) is 79.2 Å². The van der Waals surface area contributed by atoms with Crippen LogP contribution in [0.25, 0.3) is 11.1 Å². The van der Waals surface area contributed by atoms with Crippen molar-refractivity contribution >= 4 is 17.7 Å². The molecule has 2 aromatic carbocycles. The van der Waals surface area contributed by atoms with Crippen molar-refractivity contribution in [1.82, 2.24) is 20.6 Å². The Morgan fingerprint density at radius 3 is 2.44 bits per heavy atom. The SMILES string of the molecule is CNC(=O)C(C(=O)NO)N(C)C(=O)c1ccc(-c2ccc(CN3CCCOCC3)c(F)c2)cc1. The van der Waals surface area contributed by atoms with Gasteiger partial charge in [0.15, 0.2) is 6.04 Å². The Hall–Kier alpha value is -3.34. The average molecular weight is 473 g/mol. The van der Waals surface area contributed by atoms with E-state index in [0.29, 0.717) is 29.8 Å². The topological polar surface area (TPSA) is 111 Å². The molecule has 3 rings (SSSR count). The first-order valence-electron chi connectivity index (χ1n) is 11.0. The van der Waals surface area contributed by atoms with Crippen molar-refractivity contribution in [1.29, 1.82) is 0 Å². The molecule has 2 aromatic rings. The first kappa shape index (κ1) is 25.3. The second kappa shape index (κ2) is 11.7. The lowest BCUT2D eigenvalue weighted by atomic mass is 10.0. The van der Waals surface area contributed by atoms with E-state index in [1.54, 1.807) is 18.2 Å². The summed E-state index contributed by atoms with van der Waals surface area (Å²) in [5, 5.41) is 11.2. The lowest BCUT2D eigenvalue weighted by molar-refractivity contribution is -0.140. The molecule has 3 N–H and O–H groups in total. The maximum Gasteiger partial charge on any atom is 0.275 e. The van der Waals surface area contributed by atoms with Gasteiger partial charge in [-0.15, -0.1) is 0 Å². The van der Waals surface area contributed by atoms with Crippen molar-refractivity contribution < 1.29 is 28.7 Å². The summed E-state index contributed by atoms with van der Waals surface area (Å²) in [4.78, 5) is 39.8. The molecule has 34 heavy (non-hydrogen) atoms. The summed E-state index contributed by atoms with van der Waals surface area (Å²) in [6.07, 6.45) is 0.925. The van der Waals surface area contributed by atoms with Crippen LogP contribution in [0.1, 0.15) is 22.3 Å². The highest BCUT2D eigenvalue weighted by Gasteiger charge is 2.33. The van der Waals surface area contributed by atoms with Crippen molar-refractivity contribution in [3.05, 3.63) is 59.4 Å². The highest BCUT2D eigenvalue weighted by atomic mass is 19.1. The van der Waals surface area contributed by atoms with Crippen LogP contribution in [0.3, 0.4) is 0 Å². The number of benzene rings is 2. The summed E-state index contributed by atoms with van der Waals surface area (Å²) in [5.74, 6) is -2.67. The molecule has 1 aliphatic heterocycles. The number of rotatable bonds is 7. The molecule has 1 atom stereocenters. The molecule has 1 fully saturated rings. The number of hydroxylamine groups is 1. The van der Waals surface area contributed by atoms with Crippen LogP contribution in [0.5, 0.6) is 0 Å². The van der Waals surface area contributed by atoms with E-state index in [0.717, 1.165) is 31.0 Å². The number of carbonyl (C=O) groups is 3. The van der Waals surface area contributed by atoms with Gasteiger partial charge in [-0.3, -0.25) is 24.5 Å². The number of amides is 3. The molecule has 0 spiro atoms. The molecule has 0 saturated carbocycles. The number of nitrogens with one attached hydrogen (secondary N) is 2. The zero-order chi connectivity index (χ0) is 24.7. The summed E-state index contributed by atoms with van der Waals surface area (Å²) in [5.41, 5.74) is 3.61. The van der Waals surface area contributed by atoms with E-state index >= 15 is 0 Å². The predicted octanol–water partition coefficient (Wildman–Crippen LogP) is 1.41. The molecule has 1 heterocycles. The third-order valence-electron chi connectivity index (χ3n) is 5.79. The van der Waals surface area contributed by atoms with Gasteiger partial charge in [-0.2, -0.15) is 0 Å². The van der Waals surface area contributed by atoms with Gasteiger partial charge in [0, 0.05) is 51.5 Å². The van der Waals surface area contributed by atoms with Crippen LogP contribution in [0.15, 0.2) is 42.5 Å². The Bertz CT molecular complexity index is 1010. The summed E-state index contributed by atoms with van der Waals surface area (Å²) < 4.78 is 20.2. The summed E-state index contributed by atoms with van der Waals surface area (Å²) in [7, 11) is 2.61. The van der Waals surface area contributed by atoms with E-state index in [4.69, 9.17) is 9.94 Å². The highest BCUT2D eigenvalue weighted by molar-refractivity contribution is 6.08. The molecular formula is C24H29FN4O5. The lowest BCUT2D eigenvalue weighted by Crippen LogP contribution is -2.54. The number of hydrogen-bond acceptors (Lipinski definition) is 6. The van der Waals surface area contributed by atoms with Crippen LogP contribution in [0.4, 0.5) is 4.39 Å². The molecule has 0 aliphatic carbocycles. The van der Waals surface area contributed by atoms with Crippen LogP contribution in [0, 0.1) is 5.82 Å². The largest absolute Gasteiger partial charge is 0.380 e. The van der Waals surface area contributed by atoms with Gasteiger partial charge in [0.2, 0.25) is 0 Å². The number of carbonyl (C=O) groups excluding carboxylic acids is 3. The van der Waals surface area contributed by atoms with Gasteiger partial charge < -0.3 is 15.0 Å². The number of likely N-dealkylation sites (N-methyl/N-ethyl adjacent to an activating group) is 2. The second-order valence-electron chi connectivity index (χ2n) is 8.03. The monoisotopic (exact) mass is 472 g/mol. The van der Waals surface area contributed by atoms with E-state index in [-0.39, 0.29) is 11.4 Å². The molecule has 0 bridgehead atoms. The minimum atomic E-state index is -1.54. The lowest BCUT2D eigenvalue weighted by Gasteiger charge is -2.25. The Kier molecular flexibility index (Phi) is 8.69. The predicted molar refractivity (Wildman–Crippen MR) is 122 cm³/mol. The van der Waals surface area contributed by atoms with Gasteiger partial charge in [-0.1, -0.05) is 24.3 Å². The van der Waals surface area contributed by atoms with E-state index in [9.17, 15) is 18.8 Å². The van der Waals surface area contributed by atoms with Gasteiger partial charge in [0.1, 0.15) is 5.82 Å². The Morgan fingerprint density at radius 2 is 1.79 bits per heavy atom. The van der Waals surface area contributed by atoms with Crippen LogP contribution < -0.4 is 10.8 Å². The minimum absolute atomic E-state index is 0.228. The second-order valence-corrected chi connectivity index (χ2v) is 8.03. The zero-order valence-electron chi connectivity index (χ0n) is 19.2. The normalized spacial score (nSPS) is 15.2. The molecule has 1 unspecified atom stereocenters. The van der Waals surface area contributed by atoms with Gasteiger partial charge >= 0.3 is 0 Å². The number of ether oxygens (including phenoxy) is 1. The van der Waals surface area contributed by atoms with Crippen molar-refractivity contribution in [3.63, 3.8) is 0 Å². The minimum Gasteiger partial charge on any atom is -0.380 e. The fourth-order valence-electron chi connectivity index (χ4n) is 3.85. The van der Waals surface area contributed by atoms with Crippen molar-refractivity contribution in [3.8, 4) is 11.1 Å². The fraction of sp³-hybridized carbons (Fsp3) is 0.375. The number of halogens is 1. The van der Waals surface area contributed by atoms with Gasteiger partial charge in [0.25, 0.3) is 17.7 Å². The Balaban J connectivity index is 1.73. The maximum atomic E-state index is 14.8. The van der Waals surface area contributed by atoms with Gasteiger partial charge in [-0.05, 0) is 35.7 Å². The molecule has 1 aliphatic rings. The molecule has 1 saturated heterocycles. The van der Waals surface area contributed by atoms with Gasteiger partial charge in [0.05, 0.1) is 6.61 Å². The molecule has 0 radical (unpaired) electrons. The molecular weight excluding hydrogens is 443 g/mol. The third kappa shape index (κ3) is 5.96. The quantitative estimate of drug-likeness (QED) is 0.319. The van der Waals surface area contributed by atoms with Crippen molar-refractivity contribution in [2.75, 3.05) is 40.4 Å². The van der Waals surface area contributed by atoms with E-state index in [1.165, 1.54) is 37.8 Å². The van der Waals surface area contributed by atoms with Crippen LogP contribution in [-0.2, 0) is 20.9 Å². The smallest absolute Gasteiger partial charge is 0.275 e. The van der Waals surface area contributed by atoms with Crippen molar-refractivity contribution in [2.24, 2.45) is 0 Å². The van der Waals surface area contributed by atoms with Gasteiger partial charge in [-0.25, -0.2) is 9.87 Å². The van der Waals surface area contributed by atoms with E-state index in [1.807, 2.05) is 6.07 Å². The summed E-state index contributed by atoms with van der Waals surface area (Å²) in [6.45, 7) is 3.53. The first-order valence-corrected chi connectivity index (χ1v) is 11.0. The third-order valence-corrected chi connectivity index (χ3v) is 5.79. The van der Waals surface area contributed by atoms with Crippen molar-refractivity contribution in [2.45, 2.75) is 19.0 Å². The summed E-state index contributed by atoms with van der Waals surface area (Å²) in [6, 6.07) is 9.95. The molecule has 10 heteroatoms. The van der Waals surface area contributed by atoms with Crippen LogP contribution >= 0.6 is 0 Å². The highest BCUT2D eigenvalue weighted by Crippen LogP contribution is 2.24. The molecule has 182 valence electrons. The van der Waals surface area contributed by atoms with E-state index in [2.05, 4.69) is 10.2 Å². The average Bonchev–Trinajstić information content (AvgIpc) is 3.13. The number of hydrogen-bond donors (Lipinski definition) is 3. The Morgan fingerprint density at radius 1 is 1.09 bits per heavy atom. The van der Waals surface area contributed by atoms with Crippen LogP contribution in [0.2, 0.25) is 0 Å². The maximum absolute atomic E-state index is 14.8. The Labute approximate surface area is 197 Å². The van der Waals surface area contributed by atoms with E-state index < -0.39 is 23.8 Å². The first-order chi connectivity index (χ1) is 16.3. The molecule has 9 nitrogen and oxygen atoms in total. The zero-order valence-corrected chi connectivity index (χ0v) is 19.2. The molecule has 3 amide bonds.